The second-order valence-corrected chi connectivity index (χ2v) is 6.55. The van der Waals surface area contributed by atoms with E-state index < -0.39 is 12.1 Å². The molecule has 2 aromatic rings. The maximum absolute atomic E-state index is 12.1. The highest BCUT2D eigenvalue weighted by Crippen LogP contribution is 2.18. The molecule has 0 spiro atoms. The Bertz CT molecular complexity index is 749. The number of halogens is 1. The standard InChI is InChI=1S/C20H22ClNO4/c1-14-11-17(21)8-7-16(14)12-18(9-10-19(23)24)22-20(25)26-13-15-5-3-2-4-6-15/h2-8,11,18H,9-10,12-13H2,1H3,(H,22,25)(H,23,24). The van der Waals surface area contributed by atoms with Gasteiger partial charge in [0.15, 0.2) is 0 Å². The lowest BCUT2D eigenvalue weighted by Crippen LogP contribution is -2.37. The number of benzene rings is 2. The number of aryl methyl sites for hydroxylation is 1. The normalized spacial score (nSPS) is 11.6. The number of hydrogen-bond acceptors (Lipinski definition) is 3. The number of aliphatic carboxylic acids is 1. The maximum Gasteiger partial charge on any atom is 0.407 e. The molecule has 0 fully saturated rings. The first-order valence-corrected chi connectivity index (χ1v) is 8.76. The van der Waals surface area contributed by atoms with E-state index in [1.165, 1.54) is 0 Å². The van der Waals surface area contributed by atoms with Crippen molar-refractivity contribution in [3.63, 3.8) is 0 Å². The summed E-state index contributed by atoms with van der Waals surface area (Å²) in [4.78, 5) is 23.0. The first kappa shape index (κ1) is 19.8. The average Bonchev–Trinajstić information content (AvgIpc) is 2.61. The number of amides is 1. The van der Waals surface area contributed by atoms with Crippen LogP contribution in [0.4, 0.5) is 4.79 Å². The predicted molar refractivity (Wildman–Crippen MR) is 100 cm³/mol. The summed E-state index contributed by atoms with van der Waals surface area (Å²) in [5, 5.41) is 12.4. The third-order valence-electron chi connectivity index (χ3n) is 4.01. The maximum atomic E-state index is 12.1. The van der Waals surface area contributed by atoms with Gasteiger partial charge in [-0.25, -0.2) is 4.79 Å². The Morgan fingerprint density at radius 3 is 2.58 bits per heavy atom. The van der Waals surface area contributed by atoms with Crippen LogP contribution in [-0.2, 0) is 22.6 Å². The Balaban J connectivity index is 1.96. The second kappa shape index (κ2) is 9.82. The highest BCUT2D eigenvalue weighted by Gasteiger charge is 2.17. The highest BCUT2D eigenvalue weighted by atomic mass is 35.5. The van der Waals surface area contributed by atoms with Gasteiger partial charge in [0.25, 0.3) is 0 Å². The smallest absolute Gasteiger partial charge is 0.407 e. The zero-order valence-electron chi connectivity index (χ0n) is 14.6. The van der Waals surface area contributed by atoms with Gasteiger partial charge in [-0.3, -0.25) is 4.79 Å². The summed E-state index contributed by atoms with van der Waals surface area (Å²) in [6.07, 6.45) is 0.237. The van der Waals surface area contributed by atoms with Gasteiger partial charge in [-0.2, -0.15) is 0 Å². The molecule has 1 amide bonds. The summed E-state index contributed by atoms with van der Waals surface area (Å²) >= 11 is 5.97. The van der Waals surface area contributed by atoms with E-state index >= 15 is 0 Å². The van der Waals surface area contributed by atoms with Crippen molar-refractivity contribution in [3.05, 3.63) is 70.2 Å². The summed E-state index contributed by atoms with van der Waals surface area (Å²) in [5.74, 6) is -0.901. The fraction of sp³-hybridized carbons (Fsp3) is 0.300. The first-order chi connectivity index (χ1) is 12.4. The SMILES string of the molecule is Cc1cc(Cl)ccc1CC(CCC(=O)O)NC(=O)OCc1ccccc1. The van der Waals surface area contributed by atoms with E-state index in [4.69, 9.17) is 21.4 Å². The van der Waals surface area contributed by atoms with Crippen molar-refractivity contribution in [3.8, 4) is 0 Å². The Morgan fingerprint density at radius 1 is 1.19 bits per heavy atom. The monoisotopic (exact) mass is 375 g/mol. The fourth-order valence-corrected chi connectivity index (χ4v) is 2.83. The van der Waals surface area contributed by atoms with Crippen molar-refractivity contribution in [2.24, 2.45) is 0 Å². The van der Waals surface area contributed by atoms with Crippen LogP contribution in [0.3, 0.4) is 0 Å². The molecular formula is C20H22ClNO4. The molecule has 0 aromatic heterocycles. The molecule has 0 saturated heterocycles. The molecule has 6 heteroatoms. The molecule has 0 aliphatic rings. The number of rotatable bonds is 8. The van der Waals surface area contributed by atoms with Gasteiger partial charge in [-0.15, -0.1) is 0 Å². The molecule has 1 atom stereocenters. The second-order valence-electron chi connectivity index (χ2n) is 6.11. The van der Waals surface area contributed by atoms with Crippen LogP contribution in [0.15, 0.2) is 48.5 Å². The molecule has 0 bridgehead atoms. The van der Waals surface area contributed by atoms with Crippen LogP contribution in [-0.4, -0.2) is 23.2 Å². The topological polar surface area (TPSA) is 75.6 Å². The largest absolute Gasteiger partial charge is 0.481 e. The van der Waals surface area contributed by atoms with E-state index in [1.807, 2.05) is 49.4 Å². The molecule has 1 unspecified atom stereocenters. The highest BCUT2D eigenvalue weighted by molar-refractivity contribution is 6.30. The van der Waals surface area contributed by atoms with Gasteiger partial charge >= 0.3 is 12.1 Å². The van der Waals surface area contributed by atoms with Crippen molar-refractivity contribution in [1.29, 1.82) is 0 Å². The van der Waals surface area contributed by atoms with Crippen molar-refractivity contribution in [2.75, 3.05) is 0 Å². The lowest BCUT2D eigenvalue weighted by Gasteiger charge is -2.19. The Kier molecular flexibility index (Phi) is 7.48. The van der Waals surface area contributed by atoms with E-state index in [0.717, 1.165) is 16.7 Å². The quantitative estimate of drug-likeness (QED) is 0.719. The van der Waals surface area contributed by atoms with E-state index in [1.54, 1.807) is 6.07 Å². The molecule has 0 aliphatic heterocycles. The minimum absolute atomic E-state index is 0.0315. The fourth-order valence-electron chi connectivity index (χ4n) is 2.61. The van der Waals surface area contributed by atoms with Crippen LogP contribution in [0.1, 0.15) is 29.5 Å². The van der Waals surface area contributed by atoms with Crippen LogP contribution >= 0.6 is 11.6 Å². The Morgan fingerprint density at radius 2 is 1.92 bits per heavy atom. The molecule has 2 aromatic carbocycles. The minimum atomic E-state index is -0.901. The lowest BCUT2D eigenvalue weighted by molar-refractivity contribution is -0.137. The van der Waals surface area contributed by atoms with E-state index in [9.17, 15) is 9.59 Å². The molecule has 26 heavy (non-hydrogen) atoms. The summed E-state index contributed by atoms with van der Waals surface area (Å²) in [6.45, 7) is 2.10. The van der Waals surface area contributed by atoms with Crippen LogP contribution in [0.5, 0.6) is 0 Å². The number of alkyl carbamates (subject to hydrolysis) is 1. The van der Waals surface area contributed by atoms with Crippen molar-refractivity contribution in [2.45, 2.75) is 38.8 Å². The summed E-state index contributed by atoms with van der Waals surface area (Å²) < 4.78 is 5.23. The van der Waals surface area contributed by atoms with Gasteiger partial charge in [0.05, 0.1) is 0 Å². The molecule has 0 radical (unpaired) electrons. The van der Waals surface area contributed by atoms with Crippen LogP contribution < -0.4 is 5.32 Å². The third kappa shape index (κ3) is 6.76. The molecule has 2 N–H and O–H groups in total. The molecule has 138 valence electrons. The number of nitrogens with one attached hydrogen (secondary N) is 1. The Labute approximate surface area is 157 Å². The molecule has 2 rings (SSSR count). The zero-order chi connectivity index (χ0) is 18.9. The van der Waals surface area contributed by atoms with Crippen LogP contribution in [0, 0.1) is 6.92 Å². The summed E-state index contributed by atoms with van der Waals surface area (Å²) in [5.41, 5.74) is 2.89. The summed E-state index contributed by atoms with van der Waals surface area (Å²) in [7, 11) is 0. The molecule has 0 heterocycles. The van der Waals surface area contributed by atoms with Crippen LogP contribution in [0.2, 0.25) is 5.02 Å². The number of ether oxygens (including phenoxy) is 1. The molecule has 0 aliphatic carbocycles. The summed E-state index contributed by atoms with van der Waals surface area (Å²) in [6, 6.07) is 14.5. The third-order valence-corrected chi connectivity index (χ3v) is 4.25. The number of hydrogen-bond donors (Lipinski definition) is 2. The zero-order valence-corrected chi connectivity index (χ0v) is 15.3. The van der Waals surface area contributed by atoms with Gasteiger partial charge in [0, 0.05) is 17.5 Å². The van der Waals surface area contributed by atoms with Gasteiger partial charge in [-0.1, -0.05) is 48.0 Å². The molecule has 0 saturated carbocycles. The lowest BCUT2D eigenvalue weighted by atomic mass is 9.98. The molecule has 5 nitrogen and oxygen atoms in total. The van der Waals surface area contributed by atoms with Gasteiger partial charge < -0.3 is 15.2 Å². The van der Waals surface area contributed by atoms with Crippen LogP contribution in [0.25, 0.3) is 0 Å². The van der Waals surface area contributed by atoms with Crippen molar-refractivity contribution in [1.82, 2.24) is 5.32 Å². The van der Waals surface area contributed by atoms with Crippen molar-refractivity contribution < 1.29 is 19.4 Å². The number of carbonyl (C=O) groups is 2. The number of carboxylic acid groups (broad SMARTS) is 1. The predicted octanol–water partition coefficient (Wildman–Crippen LogP) is 4.35. The number of carboxylic acids is 1. The van der Waals surface area contributed by atoms with E-state index in [0.29, 0.717) is 17.9 Å². The minimum Gasteiger partial charge on any atom is -0.481 e. The average molecular weight is 376 g/mol. The first-order valence-electron chi connectivity index (χ1n) is 8.38. The van der Waals surface area contributed by atoms with E-state index in [2.05, 4.69) is 5.32 Å². The van der Waals surface area contributed by atoms with Gasteiger partial charge in [-0.05, 0) is 48.6 Å². The van der Waals surface area contributed by atoms with Gasteiger partial charge in [0.1, 0.15) is 6.61 Å². The number of carbonyl (C=O) groups excluding carboxylic acids is 1. The van der Waals surface area contributed by atoms with Gasteiger partial charge in [0.2, 0.25) is 0 Å². The van der Waals surface area contributed by atoms with Crippen molar-refractivity contribution >= 4 is 23.7 Å². The van der Waals surface area contributed by atoms with E-state index in [-0.39, 0.29) is 19.1 Å². The Hall–Kier alpha value is -2.53. The molecular weight excluding hydrogens is 354 g/mol.